The topological polar surface area (TPSA) is 98.8 Å². The van der Waals surface area contributed by atoms with Crippen LogP contribution < -0.4 is 16.0 Å². The number of nitrogen functional groups attached to an aromatic ring is 1. The SMILES string of the molecule is COc1ccc(CCCn2cnc3c(=O)[nH]c(N)nc32)cc1. The minimum Gasteiger partial charge on any atom is -0.497 e. The van der Waals surface area contributed by atoms with Gasteiger partial charge in [-0.3, -0.25) is 9.78 Å². The van der Waals surface area contributed by atoms with Crippen molar-refractivity contribution in [1.29, 1.82) is 0 Å². The highest BCUT2D eigenvalue weighted by atomic mass is 16.5. The van der Waals surface area contributed by atoms with Gasteiger partial charge in [0.25, 0.3) is 5.56 Å². The summed E-state index contributed by atoms with van der Waals surface area (Å²) in [6.45, 7) is 0.721. The van der Waals surface area contributed by atoms with Crippen LogP contribution in [0.3, 0.4) is 0 Å². The molecule has 7 heteroatoms. The molecule has 0 unspecified atom stereocenters. The average Bonchev–Trinajstić information content (AvgIpc) is 2.91. The van der Waals surface area contributed by atoms with Crippen molar-refractivity contribution in [2.24, 2.45) is 0 Å². The molecule has 1 aromatic carbocycles. The Balaban J connectivity index is 1.70. The highest BCUT2D eigenvalue weighted by Gasteiger charge is 2.08. The fourth-order valence-electron chi connectivity index (χ4n) is 2.38. The van der Waals surface area contributed by atoms with Crippen LogP contribution in [0.25, 0.3) is 11.2 Å². The molecule has 7 nitrogen and oxygen atoms in total. The van der Waals surface area contributed by atoms with Gasteiger partial charge in [-0.25, -0.2) is 4.98 Å². The third-order valence-corrected chi connectivity index (χ3v) is 3.52. The lowest BCUT2D eigenvalue weighted by Crippen LogP contribution is -2.12. The maximum absolute atomic E-state index is 11.7. The summed E-state index contributed by atoms with van der Waals surface area (Å²) in [5, 5.41) is 0. The Morgan fingerprint density at radius 3 is 2.82 bits per heavy atom. The number of hydrogen-bond acceptors (Lipinski definition) is 5. The van der Waals surface area contributed by atoms with Crippen LogP contribution in [0, 0.1) is 0 Å². The van der Waals surface area contributed by atoms with Crippen LogP contribution in [0.1, 0.15) is 12.0 Å². The van der Waals surface area contributed by atoms with Gasteiger partial charge in [0.1, 0.15) is 5.75 Å². The number of nitrogens with two attached hydrogens (primary N) is 1. The number of methoxy groups -OCH3 is 1. The zero-order valence-electron chi connectivity index (χ0n) is 12.2. The number of nitrogens with zero attached hydrogens (tertiary/aromatic N) is 3. The van der Waals surface area contributed by atoms with Gasteiger partial charge < -0.3 is 15.0 Å². The van der Waals surface area contributed by atoms with E-state index in [9.17, 15) is 4.79 Å². The molecule has 0 amide bonds. The molecule has 0 fully saturated rings. The lowest BCUT2D eigenvalue weighted by atomic mass is 10.1. The number of rotatable bonds is 5. The van der Waals surface area contributed by atoms with E-state index >= 15 is 0 Å². The molecule has 114 valence electrons. The number of imidazole rings is 1. The van der Waals surface area contributed by atoms with Crippen molar-refractivity contribution in [3.8, 4) is 5.75 Å². The van der Waals surface area contributed by atoms with E-state index in [2.05, 4.69) is 15.0 Å². The van der Waals surface area contributed by atoms with Gasteiger partial charge in [0.15, 0.2) is 11.2 Å². The van der Waals surface area contributed by atoms with E-state index in [1.54, 1.807) is 13.4 Å². The number of anilines is 1. The van der Waals surface area contributed by atoms with E-state index in [0.717, 1.165) is 25.1 Å². The van der Waals surface area contributed by atoms with Gasteiger partial charge in [0.05, 0.1) is 13.4 Å². The third kappa shape index (κ3) is 2.78. The predicted octanol–water partition coefficient (Wildman–Crippen LogP) is 1.34. The number of benzene rings is 1. The Hall–Kier alpha value is -2.83. The van der Waals surface area contributed by atoms with E-state index < -0.39 is 0 Å². The lowest BCUT2D eigenvalue weighted by Gasteiger charge is -2.05. The summed E-state index contributed by atoms with van der Waals surface area (Å²) in [7, 11) is 1.65. The Labute approximate surface area is 126 Å². The number of nitrogens with one attached hydrogen (secondary N) is 1. The Bertz CT molecular complexity index is 835. The second-order valence-corrected chi connectivity index (χ2v) is 5.01. The van der Waals surface area contributed by atoms with Crippen molar-refractivity contribution in [2.75, 3.05) is 12.8 Å². The standard InChI is InChI=1S/C15H17N5O2/c1-22-11-6-4-10(5-7-11)3-2-8-20-9-17-12-13(20)18-15(16)19-14(12)21/h4-7,9H,2-3,8H2,1H3,(H3,16,18,19,21). The van der Waals surface area contributed by atoms with Gasteiger partial charge in [-0.15, -0.1) is 0 Å². The highest BCUT2D eigenvalue weighted by molar-refractivity contribution is 5.70. The summed E-state index contributed by atoms with van der Waals surface area (Å²) >= 11 is 0. The molecule has 0 aliphatic heterocycles. The molecule has 3 N–H and O–H groups in total. The monoisotopic (exact) mass is 299 g/mol. The number of ether oxygens (including phenoxy) is 1. The molecule has 0 aliphatic rings. The molecule has 2 heterocycles. The first-order valence-corrected chi connectivity index (χ1v) is 7.01. The largest absolute Gasteiger partial charge is 0.497 e. The normalized spacial score (nSPS) is 11.0. The quantitative estimate of drug-likeness (QED) is 0.740. The summed E-state index contributed by atoms with van der Waals surface area (Å²) in [5.41, 5.74) is 7.35. The van der Waals surface area contributed by atoms with E-state index in [4.69, 9.17) is 10.5 Å². The maximum atomic E-state index is 11.7. The van der Waals surface area contributed by atoms with Crippen LogP contribution >= 0.6 is 0 Å². The van der Waals surface area contributed by atoms with Crippen molar-refractivity contribution in [3.05, 3.63) is 46.5 Å². The minimum absolute atomic E-state index is 0.106. The second kappa shape index (κ2) is 5.88. The fraction of sp³-hybridized carbons (Fsp3) is 0.267. The van der Waals surface area contributed by atoms with E-state index in [1.165, 1.54) is 5.56 Å². The van der Waals surface area contributed by atoms with Gasteiger partial charge >= 0.3 is 0 Å². The molecule has 0 aliphatic carbocycles. The lowest BCUT2D eigenvalue weighted by molar-refractivity contribution is 0.414. The van der Waals surface area contributed by atoms with E-state index in [0.29, 0.717) is 11.2 Å². The Morgan fingerprint density at radius 1 is 1.32 bits per heavy atom. The molecule has 0 saturated carbocycles. The van der Waals surface area contributed by atoms with Crippen LogP contribution in [-0.4, -0.2) is 26.6 Å². The van der Waals surface area contributed by atoms with Crippen molar-refractivity contribution in [3.63, 3.8) is 0 Å². The van der Waals surface area contributed by atoms with Gasteiger partial charge in [-0.2, -0.15) is 4.98 Å². The second-order valence-electron chi connectivity index (χ2n) is 5.01. The van der Waals surface area contributed by atoms with E-state index in [-0.39, 0.29) is 11.5 Å². The predicted molar refractivity (Wildman–Crippen MR) is 83.9 cm³/mol. The molecule has 0 radical (unpaired) electrons. The zero-order valence-corrected chi connectivity index (χ0v) is 12.2. The highest BCUT2D eigenvalue weighted by Crippen LogP contribution is 2.13. The third-order valence-electron chi connectivity index (χ3n) is 3.52. The van der Waals surface area contributed by atoms with Gasteiger partial charge in [0.2, 0.25) is 5.95 Å². The number of fused-ring (bicyclic) bond motifs is 1. The molecule has 0 spiro atoms. The minimum atomic E-state index is -0.309. The zero-order chi connectivity index (χ0) is 15.5. The molecule has 22 heavy (non-hydrogen) atoms. The molecule has 0 atom stereocenters. The number of H-pyrrole nitrogens is 1. The number of aromatic amines is 1. The molecule has 2 aromatic heterocycles. The molecule has 0 saturated heterocycles. The Kier molecular flexibility index (Phi) is 3.78. The van der Waals surface area contributed by atoms with Gasteiger partial charge in [-0.05, 0) is 30.5 Å². The van der Waals surface area contributed by atoms with Crippen LogP contribution in [-0.2, 0) is 13.0 Å². The molecular weight excluding hydrogens is 282 g/mol. The number of aryl methyl sites for hydroxylation is 2. The van der Waals surface area contributed by atoms with Crippen LogP contribution in [0.5, 0.6) is 5.75 Å². The number of hydrogen-bond donors (Lipinski definition) is 2. The molecule has 3 rings (SSSR count). The van der Waals surface area contributed by atoms with Gasteiger partial charge in [-0.1, -0.05) is 12.1 Å². The molecular formula is C15H17N5O2. The first-order valence-electron chi connectivity index (χ1n) is 7.01. The van der Waals surface area contributed by atoms with Crippen molar-refractivity contribution < 1.29 is 4.74 Å². The smallest absolute Gasteiger partial charge is 0.280 e. The summed E-state index contributed by atoms with van der Waals surface area (Å²) in [4.78, 5) is 22.4. The fourth-order valence-corrected chi connectivity index (χ4v) is 2.38. The van der Waals surface area contributed by atoms with Crippen molar-refractivity contribution in [2.45, 2.75) is 19.4 Å². The Morgan fingerprint density at radius 2 is 2.09 bits per heavy atom. The van der Waals surface area contributed by atoms with Crippen molar-refractivity contribution in [1.82, 2.24) is 19.5 Å². The summed E-state index contributed by atoms with van der Waals surface area (Å²) in [5.74, 6) is 0.956. The van der Waals surface area contributed by atoms with E-state index in [1.807, 2.05) is 28.8 Å². The van der Waals surface area contributed by atoms with Crippen LogP contribution in [0.4, 0.5) is 5.95 Å². The summed E-state index contributed by atoms with van der Waals surface area (Å²) < 4.78 is 6.99. The van der Waals surface area contributed by atoms with Crippen molar-refractivity contribution >= 4 is 17.1 Å². The van der Waals surface area contributed by atoms with Crippen LogP contribution in [0.15, 0.2) is 35.4 Å². The maximum Gasteiger partial charge on any atom is 0.280 e. The van der Waals surface area contributed by atoms with Crippen LogP contribution in [0.2, 0.25) is 0 Å². The summed E-state index contributed by atoms with van der Waals surface area (Å²) in [6.07, 6.45) is 3.45. The molecule has 0 bridgehead atoms. The number of aromatic nitrogens is 4. The first kappa shape index (κ1) is 14.1. The van der Waals surface area contributed by atoms with Gasteiger partial charge in [0, 0.05) is 6.54 Å². The molecule has 3 aromatic rings. The summed E-state index contributed by atoms with van der Waals surface area (Å²) in [6, 6.07) is 7.99. The first-order chi connectivity index (χ1) is 10.7. The average molecular weight is 299 g/mol.